The smallest absolute Gasteiger partial charge is 0.255 e. The number of hydrogen-bond acceptors (Lipinski definition) is 3. The highest BCUT2D eigenvalue weighted by Crippen LogP contribution is 2.14. The minimum Gasteiger partial charge on any atom is -0.494 e. The van der Waals surface area contributed by atoms with Crippen molar-refractivity contribution in [2.45, 2.75) is 19.8 Å². The lowest BCUT2D eigenvalue weighted by atomic mass is 10.2. The van der Waals surface area contributed by atoms with Crippen molar-refractivity contribution >= 4 is 11.6 Å². The minimum absolute atomic E-state index is 0.155. The van der Waals surface area contributed by atoms with Crippen molar-refractivity contribution in [2.24, 2.45) is 0 Å². The van der Waals surface area contributed by atoms with Gasteiger partial charge in [0.2, 0.25) is 0 Å². The van der Waals surface area contributed by atoms with Crippen LogP contribution in [0, 0.1) is 0 Å². The molecule has 0 atom stereocenters. The number of anilines is 1. The van der Waals surface area contributed by atoms with Crippen molar-refractivity contribution < 1.29 is 9.53 Å². The maximum Gasteiger partial charge on any atom is 0.255 e. The van der Waals surface area contributed by atoms with Crippen LogP contribution in [0.2, 0.25) is 0 Å². The van der Waals surface area contributed by atoms with E-state index in [2.05, 4.69) is 17.2 Å². The van der Waals surface area contributed by atoms with Crippen molar-refractivity contribution in [1.82, 2.24) is 4.98 Å². The van der Waals surface area contributed by atoms with E-state index in [-0.39, 0.29) is 5.91 Å². The Kier molecular flexibility index (Phi) is 5.12. The number of rotatable bonds is 6. The number of carbonyl (C=O) groups is 1. The van der Waals surface area contributed by atoms with Crippen molar-refractivity contribution in [1.29, 1.82) is 0 Å². The van der Waals surface area contributed by atoms with Gasteiger partial charge >= 0.3 is 0 Å². The van der Waals surface area contributed by atoms with Crippen molar-refractivity contribution in [2.75, 3.05) is 11.9 Å². The predicted octanol–water partition coefficient (Wildman–Crippen LogP) is 3.51. The maximum absolute atomic E-state index is 12.0. The summed E-state index contributed by atoms with van der Waals surface area (Å²) in [6.07, 6.45) is 5.41. The maximum atomic E-state index is 12.0. The van der Waals surface area contributed by atoms with Gasteiger partial charge in [-0.15, -0.1) is 0 Å². The first-order chi connectivity index (χ1) is 9.79. The third-order valence-electron chi connectivity index (χ3n) is 2.80. The molecule has 0 aliphatic rings. The van der Waals surface area contributed by atoms with Gasteiger partial charge in [0.15, 0.2) is 0 Å². The minimum atomic E-state index is -0.155. The SMILES string of the molecule is CCCCOc1ccc(C(=O)Nc2cccnc2)cc1. The van der Waals surface area contributed by atoms with Gasteiger partial charge in [-0.2, -0.15) is 0 Å². The molecule has 104 valence electrons. The van der Waals surface area contributed by atoms with Crippen LogP contribution in [-0.4, -0.2) is 17.5 Å². The van der Waals surface area contributed by atoms with E-state index in [0.717, 1.165) is 18.6 Å². The van der Waals surface area contributed by atoms with E-state index < -0.39 is 0 Å². The number of nitrogens with zero attached hydrogens (tertiary/aromatic N) is 1. The van der Waals surface area contributed by atoms with Gasteiger partial charge in [0.1, 0.15) is 5.75 Å². The van der Waals surface area contributed by atoms with E-state index in [1.165, 1.54) is 0 Å². The van der Waals surface area contributed by atoms with Crippen LogP contribution in [-0.2, 0) is 0 Å². The fraction of sp³-hybridized carbons (Fsp3) is 0.250. The van der Waals surface area contributed by atoms with Gasteiger partial charge in [0, 0.05) is 11.8 Å². The zero-order valence-corrected chi connectivity index (χ0v) is 11.5. The highest BCUT2D eigenvalue weighted by molar-refractivity contribution is 6.04. The monoisotopic (exact) mass is 270 g/mol. The van der Waals surface area contributed by atoms with Gasteiger partial charge in [-0.1, -0.05) is 13.3 Å². The molecule has 2 aromatic rings. The molecule has 1 heterocycles. The molecule has 1 aromatic heterocycles. The van der Waals surface area contributed by atoms with Crippen LogP contribution in [0.4, 0.5) is 5.69 Å². The number of hydrogen-bond donors (Lipinski definition) is 1. The Morgan fingerprint density at radius 1 is 1.25 bits per heavy atom. The molecular weight excluding hydrogens is 252 g/mol. The number of aromatic nitrogens is 1. The Balaban J connectivity index is 1.94. The van der Waals surface area contributed by atoms with Gasteiger partial charge in [-0.05, 0) is 42.8 Å². The highest BCUT2D eigenvalue weighted by Gasteiger charge is 2.06. The van der Waals surface area contributed by atoms with Gasteiger partial charge in [-0.3, -0.25) is 9.78 Å². The van der Waals surface area contributed by atoms with Gasteiger partial charge in [0.05, 0.1) is 18.5 Å². The average Bonchev–Trinajstić information content (AvgIpc) is 2.49. The lowest BCUT2D eigenvalue weighted by Gasteiger charge is -2.07. The molecule has 0 bridgehead atoms. The molecule has 4 heteroatoms. The van der Waals surface area contributed by atoms with Crippen LogP contribution < -0.4 is 10.1 Å². The topological polar surface area (TPSA) is 51.2 Å². The summed E-state index contributed by atoms with van der Waals surface area (Å²) in [6.45, 7) is 2.83. The molecule has 1 amide bonds. The molecule has 0 unspecified atom stereocenters. The number of unbranched alkanes of at least 4 members (excludes halogenated alkanes) is 1. The number of carbonyl (C=O) groups excluding carboxylic acids is 1. The van der Waals surface area contributed by atoms with Crippen LogP contribution in [0.1, 0.15) is 30.1 Å². The molecule has 0 saturated carbocycles. The summed E-state index contributed by atoms with van der Waals surface area (Å²) < 4.78 is 5.56. The Bertz CT molecular complexity index is 538. The van der Waals surface area contributed by atoms with Crippen molar-refractivity contribution in [3.63, 3.8) is 0 Å². The van der Waals surface area contributed by atoms with E-state index in [9.17, 15) is 4.79 Å². The first kappa shape index (κ1) is 14.1. The molecule has 0 fully saturated rings. The largest absolute Gasteiger partial charge is 0.494 e. The van der Waals surface area contributed by atoms with E-state index in [4.69, 9.17) is 4.74 Å². The Hall–Kier alpha value is -2.36. The fourth-order valence-electron chi connectivity index (χ4n) is 1.68. The van der Waals surface area contributed by atoms with Gasteiger partial charge in [0.25, 0.3) is 5.91 Å². The third-order valence-corrected chi connectivity index (χ3v) is 2.80. The summed E-state index contributed by atoms with van der Waals surface area (Å²) in [5.41, 5.74) is 1.28. The van der Waals surface area contributed by atoms with E-state index in [0.29, 0.717) is 17.9 Å². The second kappa shape index (κ2) is 7.28. The van der Waals surface area contributed by atoms with Crippen molar-refractivity contribution in [3.05, 3.63) is 54.4 Å². The van der Waals surface area contributed by atoms with Crippen LogP contribution in [0.5, 0.6) is 5.75 Å². The first-order valence-corrected chi connectivity index (χ1v) is 6.74. The predicted molar refractivity (Wildman–Crippen MR) is 79.0 cm³/mol. The van der Waals surface area contributed by atoms with Crippen LogP contribution in [0.15, 0.2) is 48.8 Å². The van der Waals surface area contributed by atoms with E-state index in [1.54, 1.807) is 36.7 Å². The lowest BCUT2D eigenvalue weighted by Crippen LogP contribution is -2.11. The Labute approximate surface area is 118 Å². The van der Waals surface area contributed by atoms with E-state index >= 15 is 0 Å². The molecule has 0 aliphatic carbocycles. The average molecular weight is 270 g/mol. The standard InChI is InChI=1S/C16H18N2O2/c1-2-3-11-20-15-8-6-13(7-9-15)16(19)18-14-5-4-10-17-12-14/h4-10,12H,2-3,11H2,1H3,(H,18,19). The zero-order valence-electron chi connectivity index (χ0n) is 11.5. The number of benzene rings is 1. The molecule has 0 radical (unpaired) electrons. The number of pyridine rings is 1. The normalized spacial score (nSPS) is 10.1. The summed E-state index contributed by atoms with van der Waals surface area (Å²) in [5.74, 6) is 0.634. The molecule has 2 rings (SSSR count). The van der Waals surface area contributed by atoms with Crippen LogP contribution >= 0.6 is 0 Å². The summed E-state index contributed by atoms with van der Waals surface area (Å²) in [6, 6.07) is 10.7. The van der Waals surface area contributed by atoms with Crippen LogP contribution in [0.25, 0.3) is 0 Å². The summed E-state index contributed by atoms with van der Waals surface area (Å²) in [5, 5.41) is 2.79. The number of amides is 1. The molecule has 0 spiro atoms. The molecule has 20 heavy (non-hydrogen) atoms. The lowest BCUT2D eigenvalue weighted by molar-refractivity contribution is 0.102. The number of ether oxygens (including phenoxy) is 1. The summed E-state index contributed by atoms with van der Waals surface area (Å²) >= 11 is 0. The fourth-order valence-corrected chi connectivity index (χ4v) is 1.68. The number of nitrogens with one attached hydrogen (secondary N) is 1. The quantitative estimate of drug-likeness (QED) is 0.817. The van der Waals surface area contributed by atoms with Crippen molar-refractivity contribution in [3.8, 4) is 5.75 Å². The first-order valence-electron chi connectivity index (χ1n) is 6.74. The highest BCUT2D eigenvalue weighted by atomic mass is 16.5. The third kappa shape index (κ3) is 4.09. The Morgan fingerprint density at radius 2 is 2.05 bits per heavy atom. The molecule has 4 nitrogen and oxygen atoms in total. The summed E-state index contributed by atoms with van der Waals surface area (Å²) in [4.78, 5) is 16.0. The summed E-state index contributed by atoms with van der Waals surface area (Å²) in [7, 11) is 0. The van der Waals surface area contributed by atoms with Gasteiger partial charge in [-0.25, -0.2) is 0 Å². The second-order valence-electron chi connectivity index (χ2n) is 4.42. The molecule has 0 saturated heterocycles. The Morgan fingerprint density at radius 3 is 2.70 bits per heavy atom. The van der Waals surface area contributed by atoms with Gasteiger partial charge < -0.3 is 10.1 Å². The van der Waals surface area contributed by atoms with Crippen LogP contribution in [0.3, 0.4) is 0 Å². The zero-order chi connectivity index (χ0) is 14.2. The molecule has 1 N–H and O–H groups in total. The van der Waals surface area contributed by atoms with E-state index in [1.807, 2.05) is 12.1 Å². The molecule has 0 aliphatic heterocycles. The molecule has 1 aromatic carbocycles. The molecular formula is C16H18N2O2. The second-order valence-corrected chi connectivity index (χ2v) is 4.42.